The molecule has 0 saturated carbocycles. The average molecular weight is 268 g/mol. The third-order valence-electron chi connectivity index (χ3n) is 2.89. The number of carbonyl (C=O) groups is 1. The molecule has 0 aliphatic heterocycles. The van der Waals surface area contributed by atoms with Gasteiger partial charge in [0.25, 0.3) is 0 Å². The van der Waals surface area contributed by atoms with E-state index in [1.807, 2.05) is 12.1 Å². The highest BCUT2D eigenvalue weighted by molar-refractivity contribution is 5.89. The molecule has 0 heterocycles. The zero-order valence-electron chi connectivity index (χ0n) is 10.9. The Morgan fingerprint density at radius 1 is 1.16 bits per heavy atom. The van der Waals surface area contributed by atoms with Crippen LogP contribution in [0.4, 0.5) is 5.69 Å². The van der Waals surface area contributed by atoms with Crippen LogP contribution in [-0.2, 0) is 11.3 Å². The summed E-state index contributed by atoms with van der Waals surface area (Å²) in [5.41, 5.74) is 0.325. The monoisotopic (exact) mass is 268 g/mol. The predicted octanol–water partition coefficient (Wildman–Crippen LogP) is -0.550. The molecule has 0 aromatic heterocycles. The van der Waals surface area contributed by atoms with Crippen molar-refractivity contribution in [2.45, 2.75) is 19.0 Å². The lowest BCUT2D eigenvalue weighted by atomic mass is 10.0. The molecule has 0 unspecified atom stereocenters. The molecule has 0 fully saturated rings. The van der Waals surface area contributed by atoms with E-state index in [4.69, 9.17) is 0 Å². The van der Waals surface area contributed by atoms with E-state index >= 15 is 0 Å². The number of carbonyl (C=O) groups excluding carboxylic acids is 1. The van der Waals surface area contributed by atoms with Crippen LogP contribution in [0.2, 0.25) is 0 Å². The van der Waals surface area contributed by atoms with E-state index in [0.717, 1.165) is 5.56 Å². The SMILES string of the molecule is CC(=O)Nc1ccccc1CNC(CO)(CO)CO. The zero-order valence-corrected chi connectivity index (χ0v) is 10.9. The van der Waals surface area contributed by atoms with Gasteiger partial charge in [-0.1, -0.05) is 18.2 Å². The normalized spacial score (nSPS) is 11.4. The second kappa shape index (κ2) is 7.20. The van der Waals surface area contributed by atoms with Crippen molar-refractivity contribution in [1.29, 1.82) is 0 Å². The molecule has 5 N–H and O–H groups in total. The number of nitrogens with one attached hydrogen (secondary N) is 2. The van der Waals surface area contributed by atoms with Gasteiger partial charge < -0.3 is 26.0 Å². The van der Waals surface area contributed by atoms with Crippen molar-refractivity contribution in [1.82, 2.24) is 5.32 Å². The van der Waals surface area contributed by atoms with Gasteiger partial charge in [0, 0.05) is 19.2 Å². The van der Waals surface area contributed by atoms with Gasteiger partial charge >= 0.3 is 0 Å². The Kier molecular flexibility index (Phi) is 5.91. The smallest absolute Gasteiger partial charge is 0.221 e. The van der Waals surface area contributed by atoms with Crippen molar-refractivity contribution >= 4 is 11.6 Å². The Labute approximate surface area is 112 Å². The summed E-state index contributed by atoms with van der Waals surface area (Å²) in [7, 11) is 0. The largest absolute Gasteiger partial charge is 0.394 e. The van der Waals surface area contributed by atoms with Gasteiger partial charge in [-0.25, -0.2) is 0 Å². The van der Waals surface area contributed by atoms with Crippen LogP contribution in [0.5, 0.6) is 0 Å². The first-order valence-corrected chi connectivity index (χ1v) is 6.00. The average Bonchev–Trinajstić information content (AvgIpc) is 2.42. The van der Waals surface area contributed by atoms with Crippen molar-refractivity contribution in [3.63, 3.8) is 0 Å². The number of hydrogen-bond acceptors (Lipinski definition) is 5. The molecule has 0 aliphatic rings. The van der Waals surface area contributed by atoms with Crippen LogP contribution in [-0.4, -0.2) is 46.6 Å². The maximum absolute atomic E-state index is 11.1. The van der Waals surface area contributed by atoms with Gasteiger partial charge in [-0.3, -0.25) is 4.79 Å². The highest BCUT2D eigenvalue weighted by Crippen LogP contribution is 2.16. The fourth-order valence-electron chi connectivity index (χ4n) is 1.59. The van der Waals surface area contributed by atoms with Crippen LogP contribution in [0.1, 0.15) is 12.5 Å². The summed E-state index contributed by atoms with van der Waals surface area (Å²) in [6, 6.07) is 7.19. The van der Waals surface area contributed by atoms with Gasteiger partial charge in [0.1, 0.15) is 0 Å². The number of rotatable bonds is 7. The minimum atomic E-state index is -1.14. The molecule has 0 aliphatic carbocycles. The van der Waals surface area contributed by atoms with Crippen LogP contribution < -0.4 is 10.6 Å². The van der Waals surface area contributed by atoms with E-state index in [2.05, 4.69) is 10.6 Å². The quantitative estimate of drug-likeness (QED) is 0.457. The number of anilines is 1. The molecule has 0 radical (unpaired) electrons. The number of aliphatic hydroxyl groups excluding tert-OH is 3. The fourth-order valence-corrected chi connectivity index (χ4v) is 1.59. The third kappa shape index (κ3) is 4.29. The minimum Gasteiger partial charge on any atom is -0.394 e. The Balaban J connectivity index is 2.79. The minimum absolute atomic E-state index is 0.176. The lowest BCUT2D eigenvalue weighted by Crippen LogP contribution is -2.54. The molecule has 0 spiro atoms. The summed E-state index contributed by atoms with van der Waals surface area (Å²) in [6.45, 7) is 0.564. The first-order chi connectivity index (χ1) is 9.06. The number of benzene rings is 1. The molecular weight excluding hydrogens is 248 g/mol. The molecule has 1 aromatic rings. The zero-order chi connectivity index (χ0) is 14.3. The van der Waals surface area contributed by atoms with Gasteiger partial charge in [0.05, 0.1) is 25.4 Å². The van der Waals surface area contributed by atoms with Crippen LogP contribution in [0.15, 0.2) is 24.3 Å². The molecule has 19 heavy (non-hydrogen) atoms. The molecule has 0 bridgehead atoms. The predicted molar refractivity (Wildman–Crippen MR) is 71.6 cm³/mol. The van der Waals surface area contributed by atoms with E-state index in [1.54, 1.807) is 12.1 Å². The van der Waals surface area contributed by atoms with E-state index < -0.39 is 5.54 Å². The summed E-state index contributed by atoms with van der Waals surface area (Å²) in [4.78, 5) is 11.1. The lowest BCUT2D eigenvalue weighted by molar-refractivity contribution is -0.114. The van der Waals surface area contributed by atoms with E-state index in [-0.39, 0.29) is 25.7 Å². The molecule has 6 nitrogen and oxygen atoms in total. The van der Waals surface area contributed by atoms with E-state index in [1.165, 1.54) is 6.92 Å². The molecule has 106 valence electrons. The van der Waals surface area contributed by atoms with Gasteiger partial charge in [0.2, 0.25) is 5.91 Å². The highest BCUT2D eigenvalue weighted by atomic mass is 16.3. The van der Waals surface area contributed by atoms with Crippen LogP contribution in [0, 0.1) is 0 Å². The molecule has 6 heteroatoms. The Bertz CT molecular complexity index is 411. The fraction of sp³-hybridized carbons (Fsp3) is 0.462. The summed E-state index contributed by atoms with van der Waals surface area (Å²) in [5, 5.41) is 33.3. The number of para-hydroxylation sites is 1. The van der Waals surface area contributed by atoms with Gasteiger partial charge in [-0.2, -0.15) is 0 Å². The number of amides is 1. The third-order valence-corrected chi connectivity index (χ3v) is 2.89. The Hall–Kier alpha value is -1.47. The standard InChI is InChI=1S/C13H20N2O4/c1-10(19)15-12-5-3-2-4-11(12)6-14-13(7-16,8-17)9-18/h2-5,14,16-18H,6-9H2,1H3,(H,15,19). The Morgan fingerprint density at radius 3 is 2.26 bits per heavy atom. The van der Waals surface area contributed by atoms with Crippen molar-refractivity contribution in [2.75, 3.05) is 25.1 Å². The van der Waals surface area contributed by atoms with Gasteiger partial charge in [-0.05, 0) is 11.6 Å². The van der Waals surface area contributed by atoms with Gasteiger partial charge in [-0.15, -0.1) is 0 Å². The second-order valence-corrected chi connectivity index (χ2v) is 4.45. The molecule has 0 atom stereocenters. The maximum Gasteiger partial charge on any atom is 0.221 e. The molecule has 0 saturated heterocycles. The summed E-state index contributed by atoms with van der Waals surface area (Å²) >= 11 is 0. The van der Waals surface area contributed by atoms with Crippen LogP contribution in [0.3, 0.4) is 0 Å². The van der Waals surface area contributed by atoms with E-state index in [0.29, 0.717) is 12.2 Å². The molecule has 1 rings (SSSR count). The molecule has 1 amide bonds. The lowest BCUT2D eigenvalue weighted by Gasteiger charge is -2.29. The van der Waals surface area contributed by atoms with Crippen LogP contribution in [0.25, 0.3) is 0 Å². The van der Waals surface area contributed by atoms with Crippen molar-refractivity contribution < 1.29 is 20.1 Å². The Morgan fingerprint density at radius 2 is 1.74 bits per heavy atom. The summed E-state index contributed by atoms with van der Waals surface area (Å²) < 4.78 is 0. The first kappa shape index (κ1) is 15.6. The number of hydrogen-bond donors (Lipinski definition) is 5. The van der Waals surface area contributed by atoms with E-state index in [9.17, 15) is 20.1 Å². The van der Waals surface area contributed by atoms with Crippen molar-refractivity contribution in [2.24, 2.45) is 0 Å². The summed E-state index contributed by atoms with van der Waals surface area (Å²) in [5.74, 6) is -0.176. The number of aliphatic hydroxyl groups is 3. The highest BCUT2D eigenvalue weighted by Gasteiger charge is 2.27. The second-order valence-electron chi connectivity index (χ2n) is 4.45. The topological polar surface area (TPSA) is 102 Å². The molecular formula is C13H20N2O4. The first-order valence-electron chi connectivity index (χ1n) is 6.00. The van der Waals surface area contributed by atoms with Crippen molar-refractivity contribution in [3.05, 3.63) is 29.8 Å². The van der Waals surface area contributed by atoms with Crippen molar-refractivity contribution in [3.8, 4) is 0 Å². The summed E-state index contributed by atoms with van der Waals surface area (Å²) in [6.07, 6.45) is 0. The molecule has 1 aromatic carbocycles. The maximum atomic E-state index is 11.1. The van der Waals surface area contributed by atoms with Gasteiger partial charge in [0.15, 0.2) is 0 Å². The van der Waals surface area contributed by atoms with Crippen LogP contribution >= 0.6 is 0 Å².